The Morgan fingerprint density at radius 1 is 1.05 bits per heavy atom. The van der Waals surface area contributed by atoms with Gasteiger partial charge in [0.2, 0.25) is 5.91 Å². The first-order chi connectivity index (χ1) is 10.8. The molecule has 1 N–H and O–H groups in total. The summed E-state index contributed by atoms with van der Waals surface area (Å²) in [5.74, 6) is 4.54. The van der Waals surface area contributed by atoms with Crippen molar-refractivity contribution in [2.75, 3.05) is 16.8 Å². The minimum Gasteiger partial charge on any atom is -0.326 e. The predicted octanol–water partition coefficient (Wildman–Crippen LogP) is 4.63. The van der Waals surface area contributed by atoms with Crippen LogP contribution in [-0.4, -0.2) is 21.5 Å². The maximum Gasteiger partial charge on any atom is 0.227 e. The largest absolute Gasteiger partial charge is 0.326 e. The highest BCUT2D eigenvalue weighted by molar-refractivity contribution is 8.21. The van der Waals surface area contributed by atoms with Gasteiger partial charge in [-0.25, -0.2) is 0 Å². The predicted molar refractivity (Wildman–Crippen MR) is 96.3 cm³/mol. The molecule has 3 aliphatic rings. The Labute approximate surface area is 141 Å². The fourth-order valence-corrected chi connectivity index (χ4v) is 8.53. The second kappa shape index (κ2) is 6.12. The molecule has 1 unspecified atom stereocenters. The topological polar surface area (TPSA) is 29.1 Å². The number of nitrogens with one attached hydrogen (secondary N) is 1. The van der Waals surface area contributed by atoms with Gasteiger partial charge in [0, 0.05) is 23.1 Å². The van der Waals surface area contributed by atoms with E-state index in [1.807, 2.05) is 30.3 Å². The molecule has 0 aromatic heterocycles. The van der Waals surface area contributed by atoms with Crippen LogP contribution in [0.1, 0.15) is 32.1 Å². The standard InChI is InChI=1S/C18H23NOS2/c20-17(19-16-7-2-1-3-8-16)13-11-14-5-4-6-15(12-13)18(14)21-9-10-22-18/h1-3,7-8,13-15H,4-6,9-12H2,(H,19,20)/t13?,14-,15+. The summed E-state index contributed by atoms with van der Waals surface area (Å²) in [6.45, 7) is 0. The van der Waals surface area contributed by atoms with Gasteiger partial charge in [0.25, 0.3) is 0 Å². The van der Waals surface area contributed by atoms with Crippen molar-refractivity contribution in [3.8, 4) is 0 Å². The molecule has 1 spiro atoms. The van der Waals surface area contributed by atoms with Gasteiger partial charge in [-0.05, 0) is 49.7 Å². The van der Waals surface area contributed by atoms with Crippen molar-refractivity contribution in [1.29, 1.82) is 0 Å². The van der Waals surface area contributed by atoms with E-state index < -0.39 is 0 Å². The van der Waals surface area contributed by atoms with Crippen LogP contribution in [0, 0.1) is 17.8 Å². The minimum atomic E-state index is 0.211. The number of anilines is 1. The number of para-hydroxylation sites is 1. The first kappa shape index (κ1) is 14.9. The second-order valence-electron chi connectivity index (χ2n) is 6.77. The molecule has 4 rings (SSSR count). The molecule has 4 heteroatoms. The lowest BCUT2D eigenvalue weighted by atomic mass is 9.67. The fourth-order valence-electron chi connectivity index (χ4n) is 4.59. The number of thioether (sulfide) groups is 2. The van der Waals surface area contributed by atoms with Crippen LogP contribution < -0.4 is 5.32 Å². The summed E-state index contributed by atoms with van der Waals surface area (Å²) in [7, 11) is 0. The van der Waals surface area contributed by atoms with Gasteiger partial charge in [-0.3, -0.25) is 4.79 Å². The molecule has 2 aliphatic carbocycles. The highest BCUT2D eigenvalue weighted by atomic mass is 32.2. The first-order valence-corrected chi connectivity index (χ1v) is 10.4. The third-order valence-electron chi connectivity index (χ3n) is 5.53. The molecular formula is C18H23NOS2. The summed E-state index contributed by atoms with van der Waals surface area (Å²) >= 11 is 4.41. The van der Waals surface area contributed by atoms with Gasteiger partial charge in [-0.15, -0.1) is 23.5 Å². The lowest BCUT2D eigenvalue weighted by Crippen LogP contribution is -2.48. The van der Waals surface area contributed by atoms with Crippen molar-refractivity contribution < 1.29 is 4.79 Å². The normalized spacial score (nSPS) is 32.8. The molecule has 1 aromatic rings. The van der Waals surface area contributed by atoms with E-state index in [0.717, 1.165) is 30.4 Å². The number of hydrogen-bond donors (Lipinski definition) is 1. The highest BCUT2D eigenvalue weighted by Crippen LogP contribution is 2.64. The SMILES string of the molecule is O=C(Nc1ccccc1)C1C[C@H]2CCC[C@@H](C1)C21SCCS1. The molecule has 118 valence electrons. The minimum absolute atomic E-state index is 0.211. The zero-order chi connectivity index (χ0) is 15.0. The average molecular weight is 334 g/mol. The molecule has 1 saturated heterocycles. The smallest absolute Gasteiger partial charge is 0.227 e. The molecular weight excluding hydrogens is 310 g/mol. The van der Waals surface area contributed by atoms with Gasteiger partial charge in [0.1, 0.15) is 0 Å². The number of carbonyl (C=O) groups excluding carboxylic acids is 1. The van der Waals surface area contributed by atoms with Crippen LogP contribution in [0.4, 0.5) is 5.69 Å². The van der Waals surface area contributed by atoms with Crippen LogP contribution in [0.25, 0.3) is 0 Å². The Bertz CT molecular complexity index is 525. The summed E-state index contributed by atoms with van der Waals surface area (Å²) in [4.78, 5) is 12.7. The van der Waals surface area contributed by atoms with E-state index in [1.165, 1.54) is 30.8 Å². The van der Waals surface area contributed by atoms with E-state index in [4.69, 9.17) is 0 Å². The number of hydrogen-bond acceptors (Lipinski definition) is 3. The molecule has 2 saturated carbocycles. The van der Waals surface area contributed by atoms with E-state index in [0.29, 0.717) is 4.08 Å². The molecule has 22 heavy (non-hydrogen) atoms. The monoisotopic (exact) mass is 333 g/mol. The third-order valence-corrected chi connectivity index (χ3v) is 9.55. The van der Waals surface area contributed by atoms with Crippen LogP contribution in [0.3, 0.4) is 0 Å². The van der Waals surface area contributed by atoms with Gasteiger partial charge >= 0.3 is 0 Å². The van der Waals surface area contributed by atoms with Crippen LogP contribution in [0.2, 0.25) is 0 Å². The maximum atomic E-state index is 12.7. The molecule has 1 aliphatic heterocycles. The van der Waals surface area contributed by atoms with E-state index in [9.17, 15) is 4.79 Å². The Kier molecular flexibility index (Phi) is 4.16. The summed E-state index contributed by atoms with van der Waals surface area (Å²) in [6, 6.07) is 9.90. The number of rotatable bonds is 2. The zero-order valence-corrected chi connectivity index (χ0v) is 14.4. The second-order valence-corrected chi connectivity index (χ2v) is 9.77. The third kappa shape index (κ3) is 2.58. The fraction of sp³-hybridized carbons (Fsp3) is 0.611. The summed E-state index contributed by atoms with van der Waals surface area (Å²) in [5.41, 5.74) is 0.933. The van der Waals surface area contributed by atoms with Crippen LogP contribution in [-0.2, 0) is 4.79 Å². The van der Waals surface area contributed by atoms with Crippen LogP contribution >= 0.6 is 23.5 Å². The van der Waals surface area contributed by atoms with Crippen molar-refractivity contribution >= 4 is 35.1 Å². The number of carbonyl (C=O) groups is 1. The van der Waals surface area contributed by atoms with Gasteiger partial charge in [-0.1, -0.05) is 24.6 Å². The molecule has 1 heterocycles. The Hall–Kier alpha value is -0.610. The molecule has 0 radical (unpaired) electrons. The Morgan fingerprint density at radius 2 is 1.68 bits per heavy atom. The molecule has 2 nitrogen and oxygen atoms in total. The highest BCUT2D eigenvalue weighted by Gasteiger charge is 2.55. The molecule has 3 atom stereocenters. The Morgan fingerprint density at radius 3 is 2.32 bits per heavy atom. The molecule has 2 bridgehead atoms. The van der Waals surface area contributed by atoms with E-state index in [1.54, 1.807) is 0 Å². The van der Waals surface area contributed by atoms with Crippen molar-refractivity contribution in [2.24, 2.45) is 17.8 Å². The van der Waals surface area contributed by atoms with E-state index in [2.05, 4.69) is 28.8 Å². The quantitative estimate of drug-likeness (QED) is 0.855. The van der Waals surface area contributed by atoms with E-state index >= 15 is 0 Å². The van der Waals surface area contributed by atoms with Crippen molar-refractivity contribution in [2.45, 2.75) is 36.2 Å². The molecule has 1 aromatic carbocycles. The summed E-state index contributed by atoms with van der Waals surface area (Å²) in [6.07, 6.45) is 6.20. The summed E-state index contributed by atoms with van der Waals surface area (Å²) in [5, 5.41) is 3.13. The first-order valence-electron chi connectivity index (χ1n) is 8.42. The van der Waals surface area contributed by atoms with Crippen molar-refractivity contribution in [1.82, 2.24) is 0 Å². The maximum absolute atomic E-state index is 12.7. The Balaban J connectivity index is 1.48. The molecule has 3 fully saturated rings. The average Bonchev–Trinajstić information content (AvgIpc) is 2.97. The number of benzene rings is 1. The lowest BCUT2D eigenvalue weighted by Gasteiger charge is -2.52. The molecule has 1 amide bonds. The van der Waals surface area contributed by atoms with Crippen molar-refractivity contribution in [3.05, 3.63) is 30.3 Å². The van der Waals surface area contributed by atoms with Gasteiger partial charge < -0.3 is 5.32 Å². The van der Waals surface area contributed by atoms with Gasteiger partial charge in [-0.2, -0.15) is 0 Å². The van der Waals surface area contributed by atoms with Gasteiger partial charge in [0.15, 0.2) is 0 Å². The van der Waals surface area contributed by atoms with Gasteiger partial charge in [0.05, 0.1) is 4.08 Å². The van der Waals surface area contributed by atoms with Crippen LogP contribution in [0.15, 0.2) is 30.3 Å². The van der Waals surface area contributed by atoms with E-state index in [-0.39, 0.29) is 11.8 Å². The van der Waals surface area contributed by atoms with Crippen molar-refractivity contribution in [3.63, 3.8) is 0 Å². The van der Waals surface area contributed by atoms with Crippen LogP contribution in [0.5, 0.6) is 0 Å². The zero-order valence-electron chi connectivity index (χ0n) is 12.8. The summed E-state index contributed by atoms with van der Waals surface area (Å²) < 4.78 is 0.460. The number of amides is 1. The lowest BCUT2D eigenvalue weighted by molar-refractivity contribution is -0.122.